The number of aromatic nitrogens is 2. The van der Waals surface area contributed by atoms with E-state index in [1.807, 2.05) is 13.0 Å². The van der Waals surface area contributed by atoms with Crippen LogP contribution in [0.3, 0.4) is 0 Å². The van der Waals surface area contributed by atoms with Crippen LogP contribution in [0.1, 0.15) is 39.9 Å². The number of carbonyl (C=O) groups is 1. The van der Waals surface area contributed by atoms with Gasteiger partial charge in [-0.3, -0.25) is 4.79 Å². The summed E-state index contributed by atoms with van der Waals surface area (Å²) in [5.41, 5.74) is 6.35. The standard InChI is InChI=1S/C16H18N2O/c1-9-6-11(3)14(7-10(9)2)15-8-12(4)17-16(18-15)13(5)19/h6-8H,1-5H3. The Kier molecular flexibility index (Phi) is 3.47. The number of rotatable bonds is 2. The number of Topliss-reactive ketones (excluding diaryl/α,β-unsaturated/α-hetero) is 1. The normalized spacial score (nSPS) is 10.6. The van der Waals surface area contributed by atoms with Crippen LogP contribution in [0.2, 0.25) is 0 Å². The summed E-state index contributed by atoms with van der Waals surface area (Å²) < 4.78 is 0. The Hall–Kier alpha value is -2.03. The third-order valence-corrected chi connectivity index (χ3v) is 3.29. The molecule has 0 amide bonds. The first-order valence-corrected chi connectivity index (χ1v) is 6.33. The van der Waals surface area contributed by atoms with Gasteiger partial charge in [-0.25, -0.2) is 9.97 Å². The van der Waals surface area contributed by atoms with E-state index >= 15 is 0 Å². The highest BCUT2D eigenvalue weighted by molar-refractivity contribution is 5.90. The zero-order valence-corrected chi connectivity index (χ0v) is 12.0. The highest BCUT2D eigenvalue weighted by Crippen LogP contribution is 2.25. The summed E-state index contributed by atoms with van der Waals surface area (Å²) in [7, 11) is 0. The highest BCUT2D eigenvalue weighted by atomic mass is 16.1. The molecule has 0 bridgehead atoms. The lowest BCUT2D eigenvalue weighted by molar-refractivity contribution is 0.100. The fraction of sp³-hybridized carbons (Fsp3) is 0.312. The first kappa shape index (κ1) is 13.4. The van der Waals surface area contributed by atoms with Crippen LogP contribution < -0.4 is 0 Å². The van der Waals surface area contributed by atoms with E-state index in [0.717, 1.165) is 22.5 Å². The van der Waals surface area contributed by atoms with Gasteiger partial charge in [0, 0.05) is 18.2 Å². The molecule has 0 saturated heterocycles. The molecular weight excluding hydrogens is 236 g/mol. The Morgan fingerprint density at radius 2 is 1.53 bits per heavy atom. The maximum atomic E-state index is 11.5. The van der Waals surface area contributed by atoms with Crippen molar-refractivity contribution >= 4 is 5.78 Å². The summed E-state index contributed by atoms with van der Waals surface area (Å²) in [5, 5.41) is 0. The fourth-order valence-electron chi connectivity index (χ4n) is 2.10. The first-order chi connectivity index (χ1) is 8.88. The molecule has 2 rings (SSSR count). The molecule has 1 aromatic carbocycles. The van der Waals surface area contributed by atoms with Crippen molar-refractivity contribution in [1.29, 1.82) is 0 Å². The van der Waals surface area contributed by atoms with E-state index < -0.39 is 0 Å². The van der Waals surface area contributed by atoms with Gasteiger partial charge in [-0.1, -0.05) is 6.07 Å². The van der Waals surface area contributed by atoms with Gasteiger partial charge in [0.25, 0.3) is 0 Å². The largest absolute Gasteiger partial charge is 0.291 e. The van der Waals surface area contributed by atoms with E-state index in [1.54, 1.807) is 0 Å². The fourth-order valence-corrected chi connectivity index (χ4v) is 2.10. The van der Waals surface area contributed by atoms with Crippen molar-refractivity contribution in [2.24, 2.45) is 0 Å². The van der Waals surface area contributed by atoms with E-state index in [0.29, 0.717) is 0 Å². The molecule has 0 spiro atoms. The number of hydrogen-bond donors (Lipinski definition) is 0. The molecule has 98 valence electrons. The Morgan fingerprint density at radius 1 is 0.895 bits per heavy atom. The predicted octanol–water partition coefficient (Wildman–Crippen LogP) is 3.58. The molecule has 2 aromatic rings. The number of nitrogens with zero attached hydrogens (tertiary/aromatic N) is 2. The van der Waals surface area contributed by atoms with Crippen molar-refractivity contribution in [1.82, 2.24) is 9.97 Å². The molecule has 0 unspecified atom stereocenters. The van der Waals surface area contributed by atoms with Gasteiger partial charge in [0.1, 0.15) is 0 Å². The second kappa shape index (κ2) is 4.92. The molecule has 0 saturated carbocycles. The van der Waals surface area contributed by atoms with Crippen molar-refractivity contribution in [3.8, 4) is 11.3 Å². The molecule has 0 aliphatic heterocycles. The quantitative estimate of drug-likeness (QED) is 0.769. The number of aryl methyl sites for hydroxylation is 4. The second-order valence-corrected chi connectivity index (χ2v) is 5.03. The second-order valence-electron chi connectivity index (χ2n) is 5.03. The predicted molar refractivity (Wildman–Crippen MR) is 76.4 cm³/mol. The smallest absolute Gasteiger partial charge is 0.196 e. The average molecular weight is 254 g/mol. The number of ketones is 1. The Balaban J connectivity index is 2.65. The SMILES string of the molecule is CC(=O)c1nc(C)cc(-c2cc(C)c(C)cc2C)n1. The molecule has 0 aliphatic carbocycles. The number of carbonyl (C=O) groups excluding carboxylic acids is 1. The molecular formula is C16H18N2O. The molecule has 0 radical (unpaired) electrons. The van der Waals surface area contributed by atoms with Crippen LogP contribution in [0.25, 0.3) is 11.3 Å². The van der Waals surface area contributed by atoms with Crippen molar-refractivity contribution in [2.45, 2.75) is 34.6 Å². The van der Waals surface area contributed by atoms with E-state index in [2.05, 4.69) is 42.9 Å². The van der Waals surface area contributed by atoms with Crippen LogP contribution in [-0.2, 0) is 0 Å². The summed E-state index contributed by atoms with van der Waals surface area (Å²) in [6.07, 6.45) is 0. The number of hydrogen-bond acceptors (Lipinski definition) is 3. The van der Waals surface area contributed by atoms with Crippen LogP contribution >= 0.6 is 0 Å². The maximum absolute atomic E-state index is 11.5. The monoisotopic (exact) mass is 254 g/mol. The third-order valence-electron chi connectivity index (χ3n) is 3.29. The van der Waals surface area contributed by atoms with Gasteiger partial charge in [-0.05, 0) is 56.5 Å². The summed E-state index contributed by atoms with van der Waals surface area (Å²) in [5.74, 6) is 0.180. The van der Waals surface area contributed by atoms with Gasteiger partial charge in [0.05, 0.1) is 5.69 Å². The molecule has 0 fully saturated rings. The average Bonchev–Trinajstić information content (AvgIpc) is 2.33. The minimum atomic E-state index is -0.105. The lowest BCUT2D eigenvalue weighted by Gasteiger charge is -2.10. The molecule has 19 heavy (non-hydrogen) atoms. The van der Waals surface area contributed by atoms with Crippen molar-refractivity contribution in [3.63, 3.8) is 0 Å². The molecule has 3 nitrogen and oxygen atoms in total. The molecule has 3 heteroatoms. The summed E-state index contributed by atoms with van der Waals surface area (Å²) in [6, 6.07) is 6.19. The minimum absolute atomic E-state index is 0.105. The highest BCUT2D eigenvalue weighted by Gasteiger charge is 2.11. The van der Waals surface area contributed by atoms with Crippen LogP contribution in [-0.4, -0.2) is 15.8 Å². The lowest BCUT2D eigenvalue weighted by atomic mass is 9.98. The molecule has 0 N–H and O–H groups in total. The van der Waals surface area contributed by atoms with E-state index in [4.69, 9.17) is 0 Å². The molecule has 0 atom stereocenters. The van der Waals surface area contributed by atoms with E-state index in [9.17, 15) is 4.79 Å². The van der Waals surface area contributed by atoms with Gasteiger partial charge < -0.3 is 0 Å². The lowest BCUT2D eigenvalue weighted by Crippen LogP contribution is -2.04. The van der Waals surface area contributed by atoms with Crippen LogP contribution in [0, 0.1) is 27.7 Å². The molecule has 1 heterocycles. The topological polar surface area (TPSA) is 42.9 Å². The Morgan fingerprint density at radius 3 is 2.16 bits per heavy atom. The zero-order chi connectivity index (χ0) is 14.2. The van der Waals surface area contributed by atoms with Crippen molar-refractivity contribution in [2.75, 3.05) is 0 Å². The van der Waals surface area contributed by atoms with Crippen molar-refractivity contribution < 1.29 is 4.79 Å². The van der Waals surface area contributed by atoms with Gasteiger partial charge >= 0.3 is 0 Å². The van der Waals surface area contributed by atoms with Gasteiger partial charge in [-0.15, -0.1) is 0 Å². The summed E-state index contributed by atoms with van der Waals surface area (Å²) >= 11 is 0. The Labute approximate surface area is 113 Å². The first-order valence-electron chi connectivity index (χ1n) is 6.33. The van der Waals surface area contributed by atoms with Gasteiger partial charge in [0.15, 0.2) is 11.6 Å². The third kappa shape index (κ3) is 2.70. The van der Waals surface area contributed by atoms with Crippen LogP contribution in [0.4, 0.5) is 0 Å². The van der Waals surface area contributed by atoms with Gasteiger partial charge in [0.2, 0.25) is 0 Å². The summed E-state index contributed by atoms with van der Waals surface area (Å²) in [6.45, 7) is 9.61. The number of benzene rings is 1. The van der Waals surface area contributed by atoms with Crippen LogP contribution in [0.15, 0.2) is 18.2 Å². The summed E-state index contributed by atoms with van der Waals surface area (Å²) in [4.78, 5) is 20.0. The van der Waals surface area contributed by atoms with Gasteiger partial charge in [-0.2, -0.15) is 0 Å². The minimum Gasteiger partial charge on any atom is -0.291 e. The van der Waals surface area contributed by atoms with Crippen molar-refractivity contribution in [3.05, 3.63) is 46.4 Å². The van der Waals surface area contributed by atoms with E-state index in [1.165, 1.54) is 18.1 Å². The van der Waals surface area contributed by atoms with Crippen LogP contribution in [0.5, 0.6) is 0 Å². The maximum Gasteiger partial charge on any atom is 0.196 e. The Bertz CT molecular complexity index is 660. The molecule has 1 aromatic heterocycles. The zero-order valence-electron chi connectivity index (χ0n) is 12.0. The molecule has 0 aliphatic rings. The van der Waals surface area contributed by atoms with E-state index in [-0.39, 0.29) is 11.6 Å².